The molecule has 0 aromatic carbocycles. The summed E-state index contributed by atoms with van der Waals surface area (Å²) in [5, 5.41) is 0. The first kappa shape index (κ1) is 4.46. The molecule has 0 aliphatic heterocycles. The van der Waals surface area contributed by atoms with Crippen molar-refractivity contribution in [3.8, 4) is 0 Å². The van der Waals surface area contributed by atoms with Crippen molar-refractivity contribution in [1.29, 1.82) is 0 Å². The van der Waals surface area contributed by atoms with Gasteiger partial charge in [-0.05, 0) is 0 Å². The highest BCUT2D eigenvalue weighted by Crippen LogP contribution is 2.15. The van der Waals surface area contributed by atoms with Crippen LogP contribution in [0.4, 0.5) is 8.39 Å². The summed E-state index contributed by atoms with van der Waals surface area (Å²) in [6.45, 7) is 0. The lowest BCUT2D eigenvalue weighted by Crippen LogP contribution is -0.721. The highest BCUT2D eigenvalue weighted by molar-refractivity contribution is 7.78. The summed E-state index contributed by atoms with van der Waals surface area (Å²) in [7, 11) is -1.39. The molecular weight excluding hydrogens is 99.9 g/mol. The van der Waals surface area contributed by atoms with E-state index in [4.69, 9.17) is 0 Å². The number of halogens is 2. The lowest BCUT2D eigenvalue weighted by atomic mass is 18.9. The van der Waals surface area contributed by atoms with E-state index in [1.54, 1.807) is 0 Å². The molecule has 0 heterocycles. The third-order valence-electron chi connectivity index (χ3n) is 0.0286. The van der Waals surface area contributed by atoms with Gasteiger partial charge in [0, 0.05) is 0 Å². The van der Waals surface area contributed by atoms with Crippen LogP contribution in [0.1, 0.15) is 0 Å². The van der Waals surface area contributed by atoms with Crippen molar-refractivity contribution < 1.29 is 8.39 Å². The van der Waals surface area contributed by atoms with Gasteiger partial charge in [-0.15, -0.1) is 0 Å². The molecule has 0 aromatic rings. The van der Waals surface area contributed by atoms with E-state index in [1.165, 1.54) is 0 Å². The minimum atomic E-state index is -0.696. The molecule has 4 heteroatoms. The largest absolute Gasteiger partial charge is 0.177 e. The van der Waals surface area contributed by atoms with Gasteiger partial charge in [-0.2, -0.15) is 8.39 Å². The second-order valence-corrected chi connectivity index (χ2v) is 1.36. The monoisotopic (exact) mass is 99.9 g/mol. The summed E-state index contributed by atoms with van der Waals surface area (Å²) < 4.78 is 20.6. The van der Waals surface area contributed by atoms with Gasteiger partial charge in [0.15, 0.2) is 16.4 Å². The van der Waals surface area contributed by atoms with Crippen molar-refractivity contribution in [2.45, 2.75) is 0 Å². The van der Waals surface area contributed by atoms with Crippen molar-refractivity contribution in [3.63, 3.8) is 0 Å². The van der Waals surface area contributed by atoms with Crippen LogP contribution in [-0.2, 0) is 0 Å². The number of hydrogen-bond donors (Lipinski definition) is 0. The Hall–Kier alpha value is 0.460. The molecule has 0 atom stereocenters. The maximum Gasteiger partial charge on any atom is 0.177 e. The zero-order valence-electron chi connectivity index (χ0n) is 1.65. The fraction of sp³-hybridized carbons (Fsp3) is 0. The maximum atomic E-state index is 10.3. The van der Waals surface area contributed by atoms with Gasteiger partial charge in [0.1, 0.15) is 0 Å². The van der Waals surface area contributed by atoms with E-state index in [1.807, 2.05) is 0 Å². The highest BCUT2D eigenvalue weighted by Gasteiger charge is 1.49. The molecule has 0 bridgehead atoms. The molecule has 0 saturated heterocycles. The summed E-state index contributed by atoms with van der Waals surface area (Å²) in [4.78, 5) is 0. The van der Waals surface area contributed by atoms with Gasteiger partial charge < -0.3 is 0 Å². The fourth-order valence-corrected chi connectivity index (χ4v) is 0. The first-order valence-corrected chi connectivity index (χ1v) is 2.81. The van der Waals surface area contributed by atoms with Crippen molar-refractivity contribution in [2.24, 2.45) is 0 Å². The molecule has 0 aliphatic rings. The van der Waals surface area contributed by atoms with Crippen LogP contribution in [-0.4, -0.2) is 0 Å². The number of rotatable bonds is 0. The molecule has 0 amide bonds. The molecule has 0 aromatic heterocycles. The molecular formula is F2P2. The van der Waals surface area contributed by atoms with Crippen molar-refractivity contribution >= 4 is 16.4 Å². The number of hydrogen-bond acceptors (Lipinski definition) is 0. The van der Waals surface area contributed by atoms with Gasteiger partial charge in [-0.1, -0.05) is 0 Å². The Bertz CT molecular complexity index is 19.2. The summed E-state index contributed by atoms with van der Waals surface area (Å²) in [6.07, 6.45) is 0. The Kier molecular flexibility index (Phi) is 3.86. The normalized spacial score (nSPS) is 9.50. The van der Waals surface area contributed by atoms with E-state index in [0.29, 0.717) is 0 Å². The zero-order chi connectivity index (χ0) is 3.41. The third-order valence-corrected chi connectivity index (χ3v) is 0.257. The lowest BCUT2D eigenvalue weighted by Gasteiger charge is -1.37. The zero-order valence-corrected chi connectivity index (χ0v) is 3.44. The van der Waals surface area contributed by atoms with Crippen molar-refractivity contribution in [2.75, 3.05) is 0 Å². The smallest absolute Gasteiger partial charge is 0.177 e. The van der Waals surface area contributed by atoms with Gasteiger partial charge >= 0.3 is 0 Å². The van der Waals surface area contributed by atoms with Gasteiger partial charge in [0.05, 0.1) is 0 Å². The molecule has 0 nitrogen and oxygen atoms in total. The first-order chi connectivity index (χ1) is 1.91. The fourth-order valence-electron chi connectivity index (χ4n) is 0. The van der Waals surface area contributed by atoms with Gasteiger partial charge in [-0.3, -0.25) is 0 Å². The van der Waals surface area contributed by atoms with Crippen LogP contribution in [0.15, 0.2) is 0 Å². The molecule has 0 spiro atoms. The van der Waals surface area contributed by atoms with E-state index < -0.39 is 16.4 Å². The van der Waals surface area contributed by atoms with Crippen LogP contribution >= 0.6 is 16.4 Å². The van der Waals surface area contributed by atoms with Gasteiger partial charge in [0.2, 0.25) is 0 Å². The topological polar surface area (TPSA) is 0 Å². The predicted octanol–water partition coefficient (Wildman–Crippen LogP) is 2.56. The quantitative estimate of drug-likeness (QED) is 0.410. The SMILES string of the molecule is FP=PF. The van der Waals surface area contributed by atoms with Crippen LogP contribution < -0.4 is 0 Å². The van der Waals surface area contributed by atoms with Crippen LogP contribution in [0.25, 0.3) is 0 Å². The van der Waals surface area contributed by atoms with Gasteiger partial charge in [0.25, 0.3) is 0 Å². The third kappa shape index (κ3) is 2.46. The first-order valence-electron chi connectivity index (χ1n) is 0.538. The van der Waals surface area contributed by atoms with Crippen molar-refractivity contribution in [3.05, 3.63) is 0 Å². The van der Waals surface area contributed by atoms with E-state index in [0.717, 1.165) is 0 Å². The summed E-state index contributed by atoms with van der Waals surface area (Å²) in [5.74, 6) is 0. The average Bonchev–Trinajstić information content (AvgIpc) is 1.37. The highest BCUT2D eigenvalue weighted by atomic mass is 31.8. The Balaban J connectivity index is 2.55. The minimum Gasteiger partial charge on any atom is -0.177 e. The van der Waals surface area contributed by atoms with E-state index >= 15 is 0 Å². The Morgan fingerprint density at radius 3 is 1.25 bits per heavy atom. The van der Waals surface area contributed by atoms with Crippen LogP contribution in [0, 0.1) is 0 Å². The Morgan fingerprint density at radius 1 is 1.00 bits per heavy atom. The van der Waals surface area contributed by atoms with Crippen LogP contribution in [0.5, 0.6) is 0 Å². The predicted molar refractivity (Wildman–Crippen MR) is 16.1 cm³/mol. The molecule has 0 aliphatic carbocycles. The summed E-state index contributed by atoms with van der Waals surface area (Å²) in [5.41, 5.74) is 0. The molecule has 0 N–H and O–H groups in total. The molecule has 0 radical (unpaired) electrons. The maximum absolute atomic E-state index is 10.3. The Labute approximate surface area is 25.9 Å². The van der Waals surface area contributed by atoms with E-state index in [2.05, 4.69) is 0 Å². The van der Waals surface area contributed by atoms with E-state index in [-0.39, 0.29) is 0 Å². The van der Waals surface area contributed by atoms with Crippen LogP contribution in [0.2, 0.25) is 0 Å². The minimum absolute atomic E-state index is 0.696. The molecule has 0 fully saturated rings. The van der Waals surface area contributed by atoms with Crippen molar-refractivity contribution in [1.82, 2.24) is 0 Å². The average molecular weight is 99.9 g/mol. The molecule has 0 unspecified atom stereocenters. The Morgan fingerprint density at radius 2 is 1.25 bits per heavy atom. The molecule has 24 valence electrons. The van der Waals surface area contributed by atoms with Gasteiger partial charge in [-0.25, -0.2) is 0 Å². The standard InChI is InChI=1S/F2P2/c1-3-4-2. The molecule has 0 rings (SSSR count). The summed E-state index contributed by atoms with van der Waals surface area (Å²) in [6, 6.07) is 0. The lowest BCUT2D eigenvalue weighted by molar-refractivity contribution is 0.918. The second-order valence-electron chi connectivity index (χ2n) is 0.151. The summed E-state index contributed by atoms with van der Waals surface area (Å²) >= 11 is 0. The molecule has 4 heavy (non-hydrogen) atoms. The second kappa shape index (κ2) is 3.46. The van der Waals surface area contributed by atoms with E-state index in [9.17, 15) is 8.39 Å². The van der Waals surface area contributed by atoms with Crippen LogP contribution in [0.3, 0.4) is 0 Å². The molecule has 0 saturated carbocycles.